The number of nitrogens with one attached hydrogen (secondary N) is 1. The Bertz CT molecular complexity index is 517. The minimum Gasteiger partial charge on any atom is -0.329 e. The van der Waals surface area contributed by atoms with Gasteiger partial charge in [-0.3, -0.25) is 0 Å². The fraction of sp³-hybridized carbons (Fsp3) is 0.500. The molecule has 1 aromatic carbocycles. The van der Waals surface area contributed by atoms with Gasteiger partial charge in [0.25, 0.3) is 0 Å². The highest BCUT2D eigenvalue weighted by Crippen LogP contribution is 2.24. The summed E-state index contributed by atoms with van der Waals surface area (Å²) in [6.45, 7) is 5.94. The molecule has 0 radical (unpaired) electrons. The van der Waals surface area contributed by atoms with E-state index in [0.717, 1.165) is 0 Å². The zero-order valence-corrected chi connectivity index (χ0v) is 13.2. The second-order valence-electron chi connectivity index (χ2n) is 4.81. The molecule has 0 saturated carbocycles. The van der Waals surface area contributed by atoms with E-state index in [2.05, 4.69) is 20.7 Å². The fourth-order valence-corrected chi connectivity index (χ4v) is 3.97. The third-order valence-electron chi connectivity index (χ3n) is 3.19. The van der Waals surface area contributed by atoms with Crippen molar-refractivity contribution < 1.29 is 8.42 Å². The highest BCUT2D eigenvalue weighted by Gasteiger charge is 2.33. The Labute approximate surface area is 117 Å². The van der Waals surface area contributed by atoms with Crippen LogP contribution >= 0.6 is 15.9 Å². The van der Waals surface area contributed by atoms with Crippen molar-refractivity contribution in [1.29, 1.82) is 0 Å². The standard InChI is InChI=1S/C12H19BrN2O2S/c1-9(2)12(3,8-14)15-18(16,17)11-7-5-4-6-10(11)13/h4-7,9,15H,8,14H2,1-3H3. The number of benzene rings is 1. The van der Waals surface area contributed by atoms with Crippen molar-refractivity contribution >= 4 is 26.0 Å². The van der Waals surface area contributed by atoms with E-state index in [-0.39, 0.29) is 17.4 Å². The van der Waals surface area contributed by atoms with Gasteiger partial charge >= 0.3 is 0 Å². The van der Waals surface area contributed by atoms with Crippen LogP contribution in [0.4, 0.5) is 0 Å². The summed E-state index contributed by atoms with van der Waals surface area (Å²) in [6.07, 6.45) is 0. The van der Waals surface area contributed by atoms with Crippen LogP contribution in [0.25, 0.3) is 0 Å². The lowest BCUT2D eigenvalue weighted by Crippen LogP contribution is -2.54. The summed E-state index contributed by atoms with van der Waals surface area (Å²) in [5.74, 6) is 0.0970. The van der Waals surface area contributed by atoms with Gasteiger partial charge in [0.05, 0.1) is 4.90 Å². The van der Waals surface area contributed by atoms with Crippen molar-refractivity contribution in [3.63, 3.8) is 0 Å². The Morgan fingerprint density at radius 2 is 1.94 bits per heavy atom. The van der Waals surface area contributed by atoms with E-state index in [0.29, 0.717) is 4.47 Å². The number of hydrogen-bond acceptors (Lipinski definition) is 3. The van der Waals surface area contributed by atoms with Crippen LogP contribution in [0.5, 0.6) is 0 Å². The van der Waals surface area contributed by atoms with E-state index < -0.39 is 15.6 Å². The maximum atomic E-state index is 12.3. The average molecular weight is 335 g/mol. The largest absolute Gasteiger partial charge is 0.329 e. The SMILES string of the molecule is CC(C)C(C)(CN)NS(=O)(=O)c1ccccc1Br. The molecule has 4 nitrogen and oxygen atoms in total. The maximum Gasteiger partial charge on any atom is 0.242 e. The number of rotatable bonds is 5. The van der Waals surface area contributed by atoms with E-state index >= 15 is 0 Å². The van der Waals surface area contributed by atoms with Gasteiger partial charge in [-0.1, -0.05) is 26.0 Å². The molecule has 0 heterocycles. The van der Waals surface area contributed by atoms with Crippen molar-refractivity contribution in [3.8, 4) is 0 Å². The molecule has 0 bridgehead atoms. The maximum absolute atomic E-state index is 12.3. The van der Waals surface area contributed by atoms with Gasteiger partial charge in [0, 0.05) is 16.6 Å². The molecular weight excluding hydrogens is 316 g/mol. The third kappa shape index (κ3) is 3.32. The van der Waals surface area contributed by atoms with Gasteiger partial charge < -0.3 is 5.73 Å². The van der Waals surface area contributed by atoms with Gasteiger partial charge in [-0.05, 0) is 40.9 Å². The quantitative estimate of drug-likeness (QED) is 0.866. The Hall–Kier alpha value is -0.430. The van der Waals surface area contributed by atoms with E-state index in [4.69, 9.17) is 5.73 Å². The lowest BCUT2D eigenvalue weighted by atomic mass is 9.90. The van der Waals surface area contributed by atoms with Gasteiger partial charge in [0.1, 0.15) is 0 Å². The zero-order chi connectivity index (χ0) is 14.0. The molecule has 1 unspecified atom stereocenters. The first-order chi connectivity index (χ1) is 8.23. The first-order valence-electron chi connectivity index (χ1n) is 5.71. The third-order valence-corrected chi connectivity index (χ3v) is 5.82. The smallest absolute Gasteiger partial charge is 0.242 e. The highest BCUT2D eigenvalue weighted by atomic mass is 79.9. The molecule has 0 aliphatic heterocycles. The van der Waals surface area contributed by atoms with Crippen LogP contribution < -0.4 is 10.5 Å². The van der Waals surface area contributed by atoms with Gasteiger partial charge in [0.15, 0.2) is 0 Å². The van der Waals surface area contributed by atoms with Gasteiger partial charge in [-0.15, -0.1) is 0 Å². The van der Waals surface area contributed by atoms with Gasteiger partial charge in [-0.25, -0.2) is 13.1 Å². The topological polar surface area (TPSA) is 72.2 Å². The molecule has 0 aliphatic rings. The summed E-state index contributed by atoms with van der Waals surface area (Å²) in [4.78, 5) is 0.227. The molecule has 0 fully saturated rings. The fourth-order valence-electron chi connectivity index (χ4n) is 1.42. The lowest BCUT2D eigenvalue weighted by molar-refractivity contribution is 0.315. The van der Waals surface area contributed by atoms with Crippen molar-refractivity contribution in [2.24, 2.45) is 11.7 Å². The van der Waals surface area contributed by atoms with Crippen LogP contribution in [-0.4, -0.2) is 20.5 Å². The van der Waals surface area contributed by atoms with E-state index in [1.807, 2.05) is 20.8 Å². The van der Waals surface area contributed by atoms with Crippen LogP contribution in [0.15, 0.2) is 33.6 Å². The number of nitrogens with two attached hydrogens (primary N) is 1. The number of halogens is 1. The summed E-state index contributed by atoms with van der Waals surface area (Å²) in [5.41, 5.74) is 5.03. The second kappa shape index (κ2) is 5.69. The van der Waals surface area contributed by atoms with Gasteiger partial charge in [-0.2, -0.15) is 0 Å². The molecule has 1 aromatic rings. The van der Waals surface area contributed by atoms with Crippen molar-refractivity contribution in [1.82, 2.24) is 4.72 Å². The molecule has 6 heteroatoms. The molecular formula is C12H19BrN2O2S. The summed E-state index contributed by atoms with van der Waals surface area (Å²) in [5, 5.41) is 0. The highest BCUT2D eigenvalue weighted by molar-refractivity contribution is 9.10. The summed E-state index contributed by atoms with van der Waals surface area (Å²) in [6, 6.07) is 6.72. The molecule has 0 spiro atoms. The van der Waals surface area contributed by atoms with Crippen LogP contribution in [0.1, 0.15) is 20.8 Å². The van der Waals surface area contributed by atoms with Gasteiger partial charge in [0.2, 0.25) is 10.0 Å². The van der Waals surface area contributed by atoms with Crippen LogP contribution in [0, 0.1) is 5.92 Å². The molecule has 3 N–H and O–H groups in total. The van der Waals surface area contributed by atoms with Crippen LogP contribution in [-0.2, 0) is 10.0 Å². The molecule has 1 rings (SSSR count). The Morgan fingerprint density at radius 3 is 2.39 bits per heavy atom. The molecule has 0 aliphatic carbocycles. The molecule has 0 amide bonds. The predicted octanol–water partition coefficient (Wildman–Crippen LogP) is 2.10. The van der Waals surface area contributed by atoms with Crippen molar-refractivity contribution in [2.45, 2.75) is 31.2 Å². The first kappa shape index (κ1) is 15.6. The van der Waals surface area contributed by atoms with Crippen molar-refractivity contribution in [3.05, 3.63) is 28.7 Å². The summed E-state index contributed by atoms with van der Waals surface area (Å²) < 4.78 is 27.9. The van der Waals surface area contributed by atoms with Crippen LogP contribution in [0.2, 0.25) is 0 Å². The predicted molar refractivity (Wildman–Crippen MR) is 76.8 cm³/mol. The second-order valence-corrected chi connectivity index (χ2v) is 7.32. The summed E-state index contributed by atoms with van der Waals surface area (Å²) >= 11 is 3.25. The lowest BCUT2D eigenvalue weighted by Gasteiger charge is -2.33. The van der Waals surface area contributed by atoms with Crippen LogP contribution in [0.3, 0.4) is 0 Å². The number of sulfonamides is 1. The molecule has 0 aromatic heterocycles. The molecule has 1 atom stereocenters. The molecule has 18 heavy (non-hydrogen) atoms. The minimum absolute atomic E-state index is 0.0970. The Kier molecular flexibility index (Phi) is 4.94. The molecule has 0 saturated heterocycles. The molecule has 102 valence electrons. The monoisotopic (exact) mass is 334 g/mol. The normalized spacial score (nSPS) is 15.7. The summed E-state index contributed by atoms with van der Waals surface area (Å²) in [7, 11) is -3.58. The Morgan fingerprint density at radius 1 is 1.39 bits per heavy atom. The number of hydrogen-bond donors (Lipinski definition) is 2. The van der Waals surface area contributed by atoms with E-state index in [1.165, 1.54) is 0 Å². The minimum atomic E-state index is -3.58. The van der Waals surface area contributed by atoms with E-state index in [1.54, 1.807) is 24.3 Å². The first-order valence-corrected chi connectivity index (χ1v) is 7.99. The zero-order valence-electron chi connectivity index (χ0n) is 10.8. The van der Waals surface area contributed by atoms with Crippen molar-refractivity contribution in [2.75, 3.05) is 6.54 Å². The Balaban J connectivity index is 3.14. The van der Waals surface area contributed by atoms with E-state index in [9.17, 15) is 8.42 Å². The average Bonchev–Trinajstić information content (AvgIpc) is 2.28.